The van der Waals surface area contributed by atoms with Gasteiger partial charge in [0.25, 0.3) is 0 Å². The zero-order valence-corrected chi connectivity index (χ0v) is 17.1. The Balaban J connectivity index is 0.000000386. The van der Waals surface area contributed by atoms with Crippen molar-refractivity contribution in [2.24, 2.45) is 5.73 Å². The van der Waals surface area contributed by atoms with E-state index in [-0.39, 0.29) is 12.2 Å². The number of aliphatic hydroxyl groups is 3. The number of aromatic nitrogens is 1. The summed E-state index contributed by atoms with van der Waals surface area (Å²) in [6.07, 6.45) is -0.699. The fourth-order valence-electron chi connectivity index (χ4n) is 3.17. The highest BCUT2D eigenvalue weighted by molar-refractivity contribution is 6.13. The van der Waals surface area contributed by atoms with Crippen LogP contribution in [0.5, 0.6) is 5.88 Å². The molecule has 10 heteroatoms. The third kappa shape index (κ3) is 6.68. The molecule has 1 aliphatic rings. The van der Waals surface area contributed by atoms with Crippen LogP contribution < -0.4 is 10.5 Å². The monoisotopic (exact) mass is 442 g/mol. The first kappa shape index (κ1) is 24.1. The number of para-hydroxylation sites is 1. The number of carbonyl (C=O) groups excluding carboxylic acids is 2. The predicted octanol–water partition coefficient (Wildman–Crippen LogP) is 1.17. The fraction of sp³-hybridized carbons (Fsp3) is 0.500. The van der Waals surface area contributed by atoms with Crippen LogP contribution in [0, 0.1) is 0 Å². The van der Waals surface area contributed by atoms with E-state index in [4.69, 9.17) is 22.3 Å². The zero-order valence-electron chi connectivity index (χ0n) is 16.3. The van der Waals surface area contributed by atoms with Crippen LogP contribution in [-0.4, -0.2) is 63.0 Å². The lowest BCUT2D eigenvalue weighted by molar-refractivity contribution is -0.159. The van der Waals surface area contributed by atoms with Crippen molar-refractivity contribution in [1.29, 1.82) is 0 Å². The smallest absolute Gasteiger partial charge is 0.355 e. The predicted molar refractivity (Wildman–Crippen MR) is 110 cm³/mol. The van der Waals surface area contributed by atoms with E-state index in [0.29, 0.717) is 6.04 Å². The molecule has 1 aromatic carbocycles. The lowest BCUT2D eigenvalue weighted by atomic mass is 9.97. The summed E-state index contributed by atoms with van der Waals surface area (Å²) in [7, 11) is 0. The minimum absolute atomic E-state index is 0.106. The lowest BCUT2D eigenvalue weighted by Gasteiger charge is -2.26. The van der Waals surface area contributed by atoms with Crippen LogP contribution in [0.15, 0.2) is 30.3 Å². The second kappa shape index (κ2) is 11.9. The number of aliphatic hydroxyl groups excluding tert-OH is 3. The van der Waals surface area contributed by atoms with Crippen molar-refractivity contribution in [3.8, 4) is 5.88 Å². The van der Waals surface area contributed by atoms with Crippen LogP contribution >= 0.6 is 11.9 Å². The van der Waals surface area contributed by atoms with E-state index >= 15 is 0 Å². The molecule has 0 saturated heterocycles. The van der Waals surface area contributed by atoms with E-state index < -0.39 is 30.4 Å². The third-order valence-corrected chi connectivity index (χ3v) is 5.02. The molecule has 1 fully saturated rings. The molecule has 3 rings (SSSR count). The maximum absolute atomic E-state index is 11.2. The van der Waals surface area contributed by atoms with Crippen LogP contribution in [0.1, 0.15) is 32.1 Å². The minimum atomic E-state index is -2.10. The summed E-state index contributed by atoms with van der Waals surface area (Å²) in [5.74, 6) is -1.22. The van der Waals surface area contributed by atoms with Gasteiger partial charge in [-0.25, -0.2) is 4.79 Å². The van der Waals surface area contributed by atoms with Gasteiger partial charge >= 0.3 is 5.97 Å². The Morgan fingerprint density at radius 1 is 1.20 bits per heavy atom. The maximum atomic E-state index is 11.2. The van der Waals surface area contributed by atoms with Gasteiger partial charge in [-0.1, -0.05) is 37.5 Å². The fourth-order valence-corrected chi connectivity index (χ4v) is 3.27. The number of carbonyl (C=O) groups is 2. The molecule has 2 aromatic rings. The number of aldehydes is 1. The SMILES string of the molecule is NC1CCCCC1.O=C[C@H](O)[C@@H](Oc1cc2ccccc2[nH]1)[C@H](O)[C@H](O)C(=O)OCl. The molecule has 30 heavy (non-hydrogen) atoms. The number of hydrogen-bond acceptors (Lipinski definition) is 8. The number of aromatic amines is 1. The second-order valence-electron chi connectivity index (χ2n) is 7.16. The normalized spacial score (nSPS) is 18.4. The second-order valence-corrected chi connectivity index (χ2v) is 7.31. The van der Waals surface area contributed by atoms with Gasteiger partial charge in [0.1, 0.15) is 24.1 Å². The van der Waals surface area contributed by atoms with Crippen molar-refractivity contribution < 1.29 is 33.9 Å². The third-order valence-electron chi connectivity index (χ3n) is 4.87. The van der Waals surface area contributed by atoms with Crippen LogP contribution in [0.2, 0.25) is 0 Å². The summed E-state index contributed by atoms with van der Waals surface area (Å²) < 4.78 is 9.12. The van der Waals surface area contributed by atoms with Gasteiger partial charge in [-0.3, -0.25) is 0 Å². The molecule has 6 N–H and O–H groups in total. The van der Waals surface area contributed by atoms with Crippen molar-refractivity contribution in [2.75, 3.05) is 0 Å². The number of fused-ring (bicyclic) bond motifs is 1. The van der Waals surface area contributed by atoms with Crippen molar-refractivity contribution in [3.05, 3.63) is 30.3 Å². The summed E-state index contributed by atoms with van der Waals surface area (Å²) in [5, 5.41) is 30.0. The van der Waals surface area contributed by atoms with Crippen molar-refractivity contribution >= 4 is 35.0 Å². The number of H-pyrrole nitrogens is 1. The lowest BCUT2D eigenvalue weighted by Crippen LogP contribution is -2.51. The van der Waals surface area contributed by atoms with E-state index in [0.717, 1.165) is 10.9 Å². The van der Waals surface area contributed by atoms with Crippen molar-refractivity contribution in [3.63, 3.8) is 0 Å². The molecular formula is C20H27ClN2O7. The summed E-state index contributed by atoms with van der Waals surface area (Å²) >= 11 is 4.82. The number of rotatable bonds is 7. The molecule has 1 saturated carbocycles. The van der Waals surface area contributed by atoms with E-state index in [1.807, 2.05) is 0 Å². The first-order valence-electron chi connectivity index (χ1n) is 9.69. The van der Waals surface area contributed by atoms with Crippen LogP contribution in [0.3, 0.4) is 0 Å². The largest absolute Gasteiger partial charge is 0.470 e. The zero-order chi connectivity index (χ0) is 22.1. The molecule has 0 bridgehead atoms. The number of halogens is 1. The first-order valence-corrected chi connectivity index (χ1v) is 10.00. The van der Waals surface area contributed by atoms with Gasteiger partial charge in [0.15, 0.2) is 24.4 Å². The Hall–Kier alpha value is -2.17. The van der Waals surface area contributed by atoms with E-state index in [2.05, 4.69) is 9.27 Å². The molecule has 9 nitrogen and oxygen atoms in total. The topological polar surface area (TPSA) is 155 Å². The van der Waals surface area contributed by atoms with Gasteiger partial charge in [0, 0.05) is 23.0 Å². The highest BCUT2D eigenvalue weighted by Gasteiger charge is 2.38. The minimum Gasteiger partial charge on any atom is -0.470 e. The molecule has 0 amide bonds. The summed E-state index contributed by atoms with van der Waals surface area (Å²) in [4.78, 5) is 24.8. The van der Waals surface area contributed by atoms with Gasteiger partial charge in [-0.2, -0.15) is 0 Å². The molecule has 0 unspecified atom stereocenters. The Labute approximate surface area is 178 Å². The molecular weight excluding hydrogens is 416 g/mol. The summed E-state index contributed by atoms with van der Waals surface area (Å²) in [6, 6.07) is 9.25. The Morgan fingerprint density at radius 3 is 2.40 bits per heavy atom. The highest BCUT2D eigenvalue weighted by atomic mass is 35.5. The quantitative estimate of drug-likeness (QED) is 0.400. The number of nitrogens with one attached hydrogen (secondary N) is 1. The molecule has 166 valence electrons. The number of nitrogens with two attached hydrogens (primary N) is 1. The van der Waals surface area contributed by atoms with Crippen molar-refractivity contribution in [2.45, 2.75) is 62.6 Å². The number of hydrogen-bond donors (Lipinski definition) is 5. The van der Waals surface area contributed by atoms with E-state index in [1.54, 1.807) is 30.3 Å². The average Bonchev–Trinajstić information content (AvgIpc) is 3.19. The van der Waals surface area contributed by atoms with E-state index in [1.165, 1.54) is 32.1 Å². The van der Waals surface area contributed by atoms with Gasteiger partial charge in [-0.15, -0.1) is 0 Å². The van der Waals surface area contributed by atoms with Crippen LogP contribution in [-0.2, 0) is 13.9 Å². The summed E-state index contributed by atoms with van der Waals surface area (Å²) in [5.41, 5.74) is 6.35. The average molecular weight is 443 g/mol. The maximum Gasteiger partial charge on any atom is 0.355 e. The highest BCUT2D eigenvalue weighted by Crippen LogP contribution is 2.23. The molecule has 4 atom stereocenters. The molecule has 1 heterocycles. The van der Waals surface area contributed by atoms with Crippen LogP contribution in [0.4, 0.5) is 0 Å². The van der Waals surface area contributed by atoms with E-state index in [9.17, 15) is 24.9 Å². The van der Waals surface area contributed by atoms with Gasteiger partial charge in [-0.05, 0) is 18.9 Å². The molecule has 1 aliphatic carbocycles. The standard InChI is InChI=1S/C14H14ClNO7.C6H13N/c15-23-14(21)12(20)11(19)13(9(18)6-17)22-10-5-7-3-1-2-4-8(7)16-10;7-6-4-2-1-3-5-6/h1-6,9,11-13,16,18-20H;6H,1-5,7H2/t9-,11+,12-,13+;/m0./s1. The van der Waals surface area contributed by atoms with Gasteiger partial charge in [0.05, 0.1) is 0 Å². The molecule has 0 spiro atoms. The Bertz CT molecular complexity index is 776. The molecule has 0 aliphatic heterocycles. The Kier molecular flexibility index (Phi) is 9.54. The molecule has 1 aromatic heterocycles. The van der Waals surface area contributed by atoms with Crippen LogP contribution in [0.25, 0.3) is 10.9 Å². The first-order chi connectivity index (χ1) is 14.4. The summed E-state index contributed by atoms with van der Waals surface area (Å²) in [6.45, 7) is 0. The van der Waals surface area contributed by atoms with Gasteiger partial charge < -0.3 is 39.9 Å². The van der Waals surface area contributed by atoms with Gasteiger partial charge in [0.2, 0.25) is 0 Å². The van der Waals surface area contributed by atoms with Crippen molar-refractivity contribution in [1.82, 2.24) is 4.98 Å². The number of ether oxygens (including phenoxy) is 1. The number of benzene rings is 1. The molecule has 0 radical (unpaired) electrons. The Morgan fingerprint density at radius 2 is 1.87 bits per heavy atom.